The van der Waals surface area contributed by atoms with Gasteiger partial charge in [0.2, 0.25) is 5.95 Å². The van der Waals surface area contributed by atoms with Crippen LogP contribution in [-0.2, 0) is 14.9 Å². The Hall–Kier alpha value is -2.14. The Morgan fingerprint density at radius 2 is 2.00 bits per heavy atom. The summed E-state index contributed by atoms with van der Waals surface area (Å²) in [4.78, 5) is 20.5. The number of carbonyl (C=O) groups is 1. The predicted molar refractivity (Wildman–Crippen MR) is 86.4 cm³/mol. The fourth-order valence-electron chi connectivity index (χ4n) is 1.91. The second-order valence-corrected chi connectivity index (χ2v) is 5.59. The summed E-state index contributed by atoms with van der Waals surface area (Å²) in [6, 6.07) is 9.52. The van der Waals surface area contributed by atoms with Crippen LogP contribution in [0.4, 0.5) is 11.6 Å². The molecule has 1 aromatic carbocycles. The average molecular weight is 320 g/mol. The summed E-state index contributed by atoms with van der Waals surface area (Å²) in [5, 5.41) is 3.28. The van der Waals surface area contributed by atoms with E-state index in [1.165, 1.54) is 0 Å². The van der Waals surface area contributed by atoms with Gasteiger partial charge in [-0.2, -0.15) is 0 Å². The van der Waals surface area contributed by atoms with E-state index in [-0.39, 0.29) is 11.1 Å². The molecule has 1 heterocycles. The molecule has 0 fully saturated rings. The lowest BCUT2D eigenvalue weighted by Crippen LogP contribution is -2.32. The van der Waals surface area contributed by atoms with Gasteiger partial charge in [-0.15, -0.1) is 0 Å². The largest absolute Gasteiger partial charge is 0.465 e. The third-order valence-electron chi connectivity index (χ3n) is 3.23. The van der Waals surface area contributed by atoms with E-state index >= 15 is 0 Å². The normalized spacial score (nSPS) is 11.1. The quantitative estimate of drug-likeness (QED) is 0.672. The summed E-state index contributed by atoms with van der Waals surface area (Å²) in [5.41, 5.74) is 0.487. The standard InChI is InChI=1S/C16H18ClN3O2/c1-4-22-14(21)16(2,3)12-10-18-15(20-13(12)17)19-11-8-6-5-7-9-11/h5-10H,4H2,1-3H3,(H,18,19,20). The highest BCUT2D eigenvalue weighted by atomic mass is 35.5. The number of hydrogen-bond acceptors (Lipinski definition) is 5. The van der Waals surface area contributed by atoms with E-state index in [4.69, 9.17) is 16.3 Å². The molecular formula is C16H18ClN3O2. The van der Waals surface area contributed by atoms with Crippen LogP contribution in [0.25, 0.3) is 0 Å². The van der Waals surface area contributed by atoms with Crippen molar-refractivity contribution < 1.29 is 9.53 Å². The molecule has 0 bridgehead atoms. The van der Waals surface area contributed by atoms with Gasteiger partial charge in [0.15, 0.2) is 0 Å². The Labute approximate surface area is 134 Å². The fraction of sp³-hybridized carbons (Fsp3) is 0.312. The summed E-state index contributed by atoms with van der Waals surface area (Å²) in [7, 11) is 0. The Bertz CT molecular complexity index is 660. The van der Waals surface area contributed by atoms with Crippen LogP contribution in [0, 0.1) is 0 Å². The lowest BCUT2D eigenvalue weighted by molar-refractivity contribution is -0.148. The van der Waals surface area contributed by atoms with Crippen LogP contribution >= 0.6 is 11.6 Å². The van der Waals surface area contributed by atoms with Crippen molar-refractivity contribution in [1.29, 1.82) is 0 Å². The van der Waals surface area contributed by atoms with Crippen LogP contribution in [-0.4, -0.2) is 22.5 Å². The van der Waals surface area contributed by atoms with E-state index in [1.807, 2.05) is 30.3 Å². The number of ether oxygens (including phenoxy) is 1. The second-order valence-electron chi connectivity index (χ2n) is 5.23. The molecule has 2 rings (SSSR count). The van der Waals surface area contributed by atoms with E-state index in [1.54, 1.807) is 27.0 Å². The SMILES string of the molecule is CCOC(=O)C(C)(C)c1cnc(Nc2ccccc2)nc1Cl. The molecule has 5 nitrogen and oxygen atoms in total. The number of rotatable bonds is 5. The number of nitrogens with zero attached hydrogens (tertiary/aromatic N) is 2. The number of carbonyl (C=O) groups excluding carboxylic acids is 1. The minimum atomic E-state index is -0.904. The number of anilines is 2. The van der Waals surface area contributed by atoms with E-state index in [2.05, 4.69) is 15.3 Å². The van der Waals surface area contributed by atoms with Crippen molar-refractivity contribution in [1.82, 2.24) is 9.97 Å². The summed E-state index contributed by atoms with van der Waals surface area (Å²) < 4.78 is 5.07. The summed E-state index contributed by atoms with van der Waals surface area (Å²) in [6.45, 7) is 5.55. The lowest BCUT2D eigenvalue weighted by Gasteiger charge is -2.23. The molecule has 0 aliphatic heterocycles. The summed E-state index contributed by atoms with van der Waals surface area (Å²) in [6.07, 6.45) is 1.55. The van der Waals surface area contributed by atoms with Crippen molar-refractivity contribution in [3.63, 3.8) is 0 Å². The molecular weight excluding hydrogens is 302 g/mol. The number of benzene rings is 1. The minimum absolute atomic E-state index is 0.228. The maximum absolute atomic E-state index is 12.0. The summed E-state index contributed by atoms with van der Waals surface area (Å²) >= 11 is 6.23. The van der Waals surface area contributed by atoms with Gasteiger partial charge in [-0.05, 0) is 32.9 Å². The molecule has 0 spiro atoms. The topological polar surface area (TPSA) is 64.1 Å². The van der Waals surface area contributed by atoms with Gasteiger partial charge in [0.25, 0.3) is 0 Å². The van der Waals surface area contributed by atoms with Gasteiger partial charge in [-0.1, -0.05) is 29.8 Å². The van der Waals surface area contributed by atoms with Crippen molar-refractivity contribution in [2.75, 3.05) is 11.9 Å². The van der Waals surface area contributed by atoms with Gasteiger partial charge < -0.3 is 10.1 Å². The maximum atomic E-state index is 12.0. The molecule has 1 N–H and O–H groups in total. The van der Waals surface area contributed by atoms with E-state index in [9.17, 15) is 4.79 Å². The minimum Gasteiger partial charge on any atom is -0.465 e. The Balaban J connectivity index is 2.24. The molecule has 0 atom stereocenters. The average Bonchev–Trinajstić information content (AvgIpc) is 2.48. The van der Waals surface area contributed by atoms with Gasteiger partial charge in [-0.25, -0.2) is 9.97 Å². The number of aromatic nitrogens is 2. The number of esters is 1. The smallest absolute Gasteiger partial charge is 0.316 e. The molecule has 0 radical (unpaired) electrons. The van der Waals surface area contributed by atoms with Crippen LogP contribution in [0.1, 0.15) is 26.3 Å². The molecule has 22 heavy (non-hydrogen) atoms. The Morgan fingerprint density at radius 1 is 1.32 bits per heavy atom. The van der Waals surface area contributed by atoms with Crippen molar-refractivity contribution >= 4 is 29.2 Å². The highest BCUT2D eigenvalue weighted by Crippen LogP contribution is 2.30. The highest BCUT2D eigenvalue weighted by molar-refractivity contribution is 6.30. The first-order valence-corrected chi connectivity index (χ1v) is 7.35. The van der Waals surface area contributed by atoms with Gasteiger partial charge >= 0.3 is 5.97 Å². The van der Waals surface area contributed by atoms with Crippen molar-refractivity contribution in [3.8, 4) is 0 Å². The number of para-hydroxylation sites is 1. The zero-order valence-electron chi connectivity index (χ0n) is 12.8. The van der Waals surface area contributed by atoms with Gasteiger partial charge in [-0.3, -0.25) is 4.79 Å². The maximum Gasteiger partial charge on any atom is 0.316 e. The van der Waals surface area contributed by atoms with E-state index in [0.29, 0.717) is 18.1 Å². The van der Waals surface area contributed by atoms with Gasteiger partial charge in [0.05, 0.1) is 12.0 Å². The number of halogens is 1. The Kier molecular flexibility index (Phi) is 4.98. The third-order valence-corrected chi connectivity index (χ3v) is 3.52. The van der Waals surface area contributed by atoms with Gasteiger partial charge in [0.1, 0.15) is 5.15 Å². The van der Waals surface area contributed by atoms with Crippen LogP contribution in [0.2, 0.25) is 5.15 Å². The molecule has 0 saturated heterocycles. The predicted octanol–water partition coefficient (Wildman–Crippen LogP) is 3.71. The molecule has 116 valence electrons. The third kappa shape index (κ3) is 3.54. The number of hydrogen-bond donors (Lipinski definition) is 1. The molecule has 0 amide bonds. The van der Waals surface area contributed by atoms with Gasteiger partial charge in [0, 0.05) is 17.4 Å². The monoisotopic (exact) mass is 319 g/mol. The second kappa shape index (κ2) is 6.75. The molecule has 6 heteroatoms. The van der Waals surface area contributed by atoms with Crippen molar-refractivity contribution in [3.05, 3.63) is 47.2 Å². The van der Waals surface area contributed by atoms with E-state index in [0.717, 1.165) is 5.69 Å². The molecule has 1 aromatic heterocycles. The molecule has 0 aliphatic carbocycles. The van der Waals surface area contributed by atoms with E-state index < -0.39 is 5.41 Å². The number of nitrogens with one attached hydrogen (secondary N) is 1. The zero-order chi connectivity index (χ0) is 16.2. The van der Waals surface area contributed by atoms with Crippen LogP contribution < -0.4 is 5.32 Å². The first kappa shape index (κ1) is 16.2. The fourth-order valence-corrected chi connectivity index (χ4v) is 2.28. The first-order valence-electron chi connectivity index (χ1n) is 6.97. The zero-order valence-corrected chi connectivity index (χ0v) is 13.5. The molecule has 0 unspecified atom stereocenters. The molecule has 2 aromatic rings. The lowest BCUT2D eigenvalue weighted by atomic mass is 9.86. The summed E-state index contributed by atoms with van der Waals surface area (Å²) in [5.74, 6) is 0.0175. The molecule has 0 saturated carbocycles. The van der Waals surface area contributed by atoms with Crippen LogP contribution in [0.15, 0.2) is 36.5 Å². The van der Waals surface area contributed by atoms with Crippen molar-refractivity contribution in [2.45, 2.75) is 26.2 Å². The van der Waals surface area contributed by atoms with Crippen LogP contribution in [0.5, 0.6) is 0 Å². The van der Waals surface area contributed by atoms with Crippen LogP contribution in [0.3, 0.4) is 0 Å². The first-order chi connectivity index (χ1) is 10.4. The molecule has 0 aliphatic rings. The Morgan fingerprint density at radius 3 is 2.59 bits per heavy atom. The van der Waals surface area contributed by atoms with Crippen molar-refractivity contribution in [2.24, 2.45) is 0 Å². The highest BCUT2D eigenvalue weighted by Gasteiger charge is 2.34.